The van der Waals surface area contributed by atoms with Gasteiger partial charge in [0.05, 0.1) is 0 Å². The standard InChI is InChI=1S/C14H13FN2O/c15-13-2-1-11(9-3-5-17-6-4-9)14-12(13)7-10(8-16)18-14/h1-6,10H,7-8,16H2. The van der Waals surface area contributed by atoms with E-state index in [0.717, 1.165) is 11.1 Å². The van der Waals surface area contributed by atoms with Gasteiger partial charge in [0.1, 0.15) is 17.7 Å². The Morgan fingerprint density at radius 3 is 2.78 bits per heavy atom. The lowest BCUT2D eigenvalue weighted by Gasteiger charge is -2.10. The highest BCUT2D eigenvalue weighted by molar-refractivity contribution is 5.72. The summed E-state index contributed by atoms with van der Waals surface area (Å²) in [5, 5.41) is 0. The summed E-state index contributed by atoms with van der Waals surface area (Å²) in [5.41, 5.74) is 8.08. The maximum absolute atomic E-state index is 13.8. The molecule has 92 valence electrons. The lowest BCUT2D eigenvalue weighted by Crippen LogP contribution is -2.24. The minimum Gasteiger partial charge on any atom is -0.488 e. The van der Waals surface area contributed by atoms with Crippen LogP contribution in [0.1, 0.15) is 5.56 Å². The summed E-state index contributed by atoms with van der Waals surface area (Å²) in [6.07, 6.45) is 3.83. The first kappa shape index (κ1) is 11.2. The Morgan fingerprint density at radius 2 is 2.06 bits per heavy atom. The number of halogens is 1. The van der Waals surface area contributed by atoms with Gasteiger partial charge >= 0.3 is 0 Å². The Balaban J connectivity index is 2.12. The SMILES string of the molecule is NCC1Cc2c(F)ccc(-c3ccncc3)c2O1. The first-order valence-electron chi connectivity index (χ1n) is 5.88. The van der Waals surface area contributed by atoms with E-state index in [9.17, 15) is 4.39 Å². The van der Waals surface area contributed by atoms with E-state index in [1.165, 1.54) is 6.07 Å². The van der Waals surface area contributed by atoms with Crippen LogP contribution in [0.15, 0.2) is 36.7 Å². The molecule has 0 fully saturated rings. The van der Waals surface area contributed by atoms with Gasteiger partial charge in [-0.2, -0.15) is 0 Å². The largest absolute Gasteiger partial charge is 0.488 e. The predicted molar refractivity (Wildman–Crippen MR) is 66.8 cm³/mol. The van der Waals surface area contributed by atoms with Crippen LogP contribution in [-0.2, 0) is 6.42 Å². The van der Waals surface area contributed by atoms with Crippen LogP contribution in [0.25, 0.3) is 11.1 Å². The zero-order valence-electron chi connectivity index (χ0n) is 9.77. The number of hydrogen-bond donors (Lipinski definition) is 1. The first-order chi connectivity index (χ1) is 8.79. The van der Waals surface area contributed by atoms with Crippen molar-refractivity contribution in [3.05, 3.63) is 48.0 Å². The summed E-state index contributed by atoms with van der Waals surface area (Å²) < 4.78 is 19.5. The summed E-state index contributed by atoms with van der Waals surface area (Å²) >= 11 is 0. The van der Waals surface area contributed by atoms with Gasteiger partial charge < -0.3 is 10.5 Å². The average Bonchev–Trinajstić information content (AvgIpc) is 2.85. The molecule has 0 aliphatic carbocycles. The second kappa shape index (κ2) is 4.38. The Morgan fingerprint density at radius 1 is 1.28 bits per heavy atom. The minimum atomic E-state index is -0.223. The third-order valence-electron chi connectivity index (χ3n) is 3.17. The molecule has 1 aliphatic rings. The molecule has 2 N–H and O–H groups in total. The Hall–Kier alpha value is -1.94. The van der Waals surface area contributed by atoms with Gasteiger partial charge in [-0.25, -0.2) is 4.39 Å². The van der Waals surface area contributed by atoms with Crippen LogP contribution in [0.2, 0.25) is 0 Å². The number of benzene rings is 1. The van der Waals surface area contributed by atoms with Crippen molar-refractivity contribution in [1.29, 1.82) is 0 Å². The van der Waals surface area contributed by atoms with Crippen LogP contribution in [0.4, 0.5) is 4.39 Å². The van der Waals surface area contributed by atoms with E-state index in [1.54, 1.807) is 18.5 Å². The summed E-state index contributed by atoms with van der Waals surface area (Å²) in [4.78, 5) is 3.98. The van der Waals surface area contributed by atoms with Crippen molar-refractivity contribution in [2.75, 3.05) is 6.54 Å². The molecule has 0 saturated carbocycles. The molecule has 1 aromatic heterocycles. The van der Waals surface area contributed by atoms with Crippen molar-refractivity contribution in [2.24, 2.45) is 5.73 Å². The van der Waals surface area contributed by atoms with Gasteiger partial charge in [0.2, 0.25) is 0 Å². The second-order valence-corrected chi connectivity index (χ2v) is 4.32. The van der Waals surface area contributed by atoms with Crippen LogP contribution in [0.3, 0.4) is 0 Å². The molecule has 1 aliphatic heterocycles. The molecule has 3 rings (SSSR count). The van der Waals surface area contributed by atoms with Crippen LogP contribution in [0.5, 0.6) is 5.75 Å². The van der Waals surface area contributed by atoms with E-state index in [1.807, 2.05) is 12.1 Å². The topological polar surface area (TPSA) is 48.1 Å². The molecule has 0 spiro atoms. The maximum atomic E-state index is 13.8. The fourth-order valence-electron chi connectivity index (χ4n) is 2.25. The van der Waals surface area contributed by atoms with E-state index in [4.69, 9.17) is 10.5 Å². The molecule has 0 bridgehead atoms. The number of ether oxygens (including phenoxy) is 1. The fraction of sp³-hybridized carbons (Fsp3) is 0.214. The summed E-state index contributed by atoms with van der Waals surface area (Å²) in [6.45, 7) is 0.393. The molecule has 1 atom stereocenters. The molecule has 0 radical (unpaired) electrons. The molecular formula is C14H13FN2O. The first-order valence-corrected chi connectivity index (χ1v) is 5.88. The fourth-order valence-corrected chi connectivity index (χ4v) is 2.25. The quantitative estimate of drug-likeness (QED) is 0.880. The third-order valence-corrected chi connectivity index (χ3v) is 3.17. The molecule has 2 aromatic rings. The molecule has 1 aromatic carbocycles. The second-order valence-electron chi connectivity index (χ2n) is 4.32. The number of aromatic nitrogens is 1. The molecule has 3 nitrogen and oxygen atoms in total. The average molecular weight is 244 g/mol. The third kappa shape index (κ3) is 1.75. The van der Waals surface area contributed by atoms with Crippen molar-refractivity contribution in [2.45, 2.75) is 12.5 Å². The van der Waals surface area contributed by atoms with Crippen LogP contribution in [-0.4, -0.2) is 17.6 Å². The van der Waals surface area contributed by atoms with Crippen molar-refractivity contribution in [3.63, 3.8) is 0 Å². The number of hydrogen-bond acceptors (Lipinski definition) is 3. The molecule has 2 heterocycles. The maximum Gasteiger partial charge on any atom is 0.133 e. The number of nitrogens with zero attached hydrogens (tertiary/aromatic N) is 1. The highest BCUT2D eigenvalue weighted by atomic mass is 19.1. The van der Waals surface area contributed by atoms with E-state index < -0.39 is 0 Å². The highest BCUT2D eigenvalue weighted by Gasteiger charge is 2.27. The minimum absolute atomic E-state index is 0.127. The van der Waals surface area contributed by atoms with E-state index >= 15 is 0 Å². The summed E-state index contributed by atoms with van der Waals surface area (Å²) in [7, 11) is 0. The number of fused-ring (bicyclic) bond motifs is 1. The number of nitrogens with two attached hydrogens (primary N) is 1. The Kier molecular flexibility index (Phi) is 2.72. The molecule has 18 heavy (non-hydrogen) atoms. The van der Waals surface area contributed by atoms with Gasteiger partial charge in [-0.05, 0) is 29.8 Å². The van der Waals surface area contributed by atoms with Crippen molar-refractivity contribution in [3.8, 4) is 16.9 Å². The van der Waals surface area contributed by atoms with E-state index in [2.05, 4.69) is 4.98 Å². The monoisotopic (exact) mass is 244 g/mol. The van der Waals surface area contributed by atoms with Gasteiger partial charge in [-0.1, -0.05) is 0 Å². The molecule has 0 amide bonds. The van der Waals surface area contributed by atoms with Gasteiger partial charge in [0.15, 0.2) is 0 Å². The van der Waals surface area contributed by atoms with Crippen molar-refractivity contribution >= 4 is 0 Å². The van der Waals surface area contributed by atoms with Gasteiger partial charge in [0, 0.05) is 36.5 Å². The van der Waals surface area contributed by atoms with Crippen LogP contribution in [0, 0.1) is 5.82 Å². The van der Waals surface area contributed by atoms with E-state index in [0.29, 0.717) is 24.3 Å². The molecule has 4 heteroatoms. The normalized spacial score (nSPS) is 17.3. The predicted octanol–water partition coefficient (Wildman–Crippen LogP) is 2.15. The summed E-state index contributed by atoms with van der Waals surface area (Å²) in [5.74, 6) is 0.399. The number of rotatable bonds is 2. The Bertz CT molecular complexity index is 572. The summed E-state index contributed by atoms with van der Waals surface area (Å²) in [6, 6.07) is 6.98. The molecule has 1 unspecified atom stereocenters. The van der Waals surface area contributed by atoms with Crippen molar-refractivity contribution in [1.82, 2.24) is 4.98 Å². The highest BCUT2D eigenvalue weighted by Crippen LogP contribution is 2.39. The number of pyridine rings is 1. The zero-order chi connectivity index (χ0) is 12.5. The van der Waals surface area contributed by atoms with Crippen LogP contribution >= 0.6 is 0 Å². The van der Waals surface area contributed by atoms with Gasteiger partial charge in [-0.3, -0.25) is 4.98 Å². The molecular weight excluding hydrogens is 231 g/mol. The van der Waals surface area contributed by atoms with Gasteiger partial charge in [0.25, 0.3) is 0 Å². The lowest BCUT2D eigenvalue weighted by molar-refractivity contribution is 0.242. The van der Waals surface area contributed by atoms with Crippen molar-refractivity contribution < 1.29 is 9.13 Å². The van der Waals surface area contributed by atoms with E-state index in [-0.39, 0.29) is 11.9 Å². The zero-order valence-corrected chi connectivity index (χ0v) is 9.77. The van der Waals surface area contributed by atoms with Crippen LogP contribution < -0.4 is 10.5 Å². The lowest BCUT2D eigenvalue weighted by atomic mass is 10.0. The molecule has 0 saturated heterocycles. The smallest absolute Gasteiger partial charge is 0.133 e. The Labute approximate surface area is 104 Å². The van der Waals surface area contributed by atoms with Gasteiger partial charge in [-0.15, -0.1) is 0 Å².